The molecule has 0 bridgehead atoms. The summed E-state index contributed by atoms with van der Waals surface area (Å²) < 4.78 is 36.5. The van der Waals surface area contributed by atoms with Gasteiger partial charge in [0, 0.05) is 12.5 Å². The lowest BCUT2D eigenvalue weighted by molar-refractivity contribution is -0.136. The monoisotopic (exact) mass is 248 g/mol. The maximum Gasteiger partial charge on any atom is 0.389 e. The van der Waals surface area contributed by atoms with E-state index in [0.29, 0.717) is 17.0 Å². The second kappa shape index (κ2) is 5.42. The molecule has 0 saturated carbocycles. The number of aryl methyl sites for hydroxylation is 2. The van der Waals surface area contributed by atoms with E-state index >= 15 is 0 Å². The molecule has 0 aliphatic heterocycles. The van der Waals surface area contributed by atoms with Crippen molar-refractivity contribution in [2.45, 2.75) is 38.9 Å². The van der Waals surface area contributed by atoms with E-state index in [1.807, 2.05) is 0 Å². The Bertz CT molecular complexity index is 378. The summed E-state index contributed by atoms with van der Waals surface area (Å²) in [5, 5.41) is 7.69. The second-order valence-electron chi connectivity index (χ2n) is 3.90. The van der Waals surface area contributed by atoms with Crippen LogP contribution in [0.4, 0.5) is 13.2 Å². The number of hydrazine groups is 1. The summed E-state index contributed by atoms with van der Waals surface area (Å²) in [6, 6.07) is 1.13. The molecule has 7 heteroatoms. The summed E-state index contributed by atoms with van der Waals surface area (Å²) in [5.41, 5.74) is 4.28. The van der Waals surface area contributed by atoms with Crippen LogP contribution in [0, 0.1) is 13.8 Å². The first kappa shape index (κ1) is 13.9. The Morgan fingerprint density at radius 2 is 2.00 bits per heavy atom. The van der Waals surface area contributed by atoms with E-state index in [1.54, 1.807) is 19.9 Å². The van der Waals surface area contributed by atoms with E-state index in [2.05, 4.69) is 15.6 Å². The van der Waals surface area contributed by atoms with Crippen LogP contribution < -0.4 is 11.3 Å². The lowest BCUT2D eigenvalue weighted by atomic mass is 10.0. The molecule has 0 amide bonds. The van der Waals surface area contributed by atoms with Crippen LogP contribution in [0.1, 0.15) is 35.8 Å². The highest BCUT2D eigenvalue weighted by Crippen LogP contribution is 2.28. The van der Waals surface area contributed by atoms with E-state index in [1.165, 1.54) is 0 Å². The Morgan fingerprint density at radius 3 is 2.53 bits per heavy atom. The van der Waals surface area contributed by atoms with Crippen LogP contribution in [0.5, 0.6) is 0 Å². The van der Waals surface area contributed by atoms with Gasteiger partial charge in [-0.15, -0.1) is 0 Å². The molecule has 0 saturated heterocycles. The Hall–Kier alpha value is -1.21. The Balaban J connectivity index is 2.82. The third kappa shape index (κ3) is 4.27. The van der Waals surface area contributed by atoms with Crippen LogP contribution in [-0.2, 0) is 0 Å². The molecular formula is C10H15F3N4. The number of halogens is 3. The number of alkyl halides is 3. The van der Waals surface area contributed by atoms with Crippen molar-refractivity contribution < 1.29 is 13.2 Å². The highest BCUT2D eigenvalue weighted by Gasteiger charge is 2.29. The predicted molar refractivity (Wildman–Crippen MR) is 56.9 cm³/mol. The fraction of sp³-hybridized carbons (Fsp3) is 0.600. The van der Waals surface area contributed by atoms with Gasteiger partial charge in [0.2, 0.25) is 0 Å². The van der Waals surface area contributed by atoms with Crippen LogP contribution in [0.25, 0.3) is 0 Å². The standard InChI is InChI=1S/C10H15F3N4/c1-6-5-8(7(2)17-16-6)9(15-14)3-4-10(11,12)13/h5,9,15H,3-4,14H2,1-2H3. The van der Waals surface area contributed by atoms with Gasteiger partial charge in [-0.2, -0.15) is 23.4 Å². The van der Waals surface area contributed by atoms with Crippen molar-refractivity contribution in [3.63, 3.8) is 0 Å². The first-order valence-electron chi connectivity index (χ1n) is 5.17. The van der Waals surface area contributed by atoms with Gasteiger partial charge < -0.3 is 0 Å². The smallest absolute Gasteiger partial charge is 0.271 e. The van der Waals surface area contributed by atoms with Crippen molar-refractivity contribution in [3.05, 3.63) is 23.0 Å². The maximum absolute atomic E-state index is 12.2. The van der Waals surface area contributed by atoms with Crippen molar-refractivity contribution in [2.75, 3.05) is 0 Å². The molecule has 1 rings (SSSR count). The molecule has 0 aliphatic rings. The van der Waals surface area contributed by atoms with Crippen molar-refractivity contribution in [1.29, 1.82) is 0 Å². The third-order valence-corrected chi connectivity index (χ3v) is 2.43. The van der Waals surface area contributed by atoms with Crippen molar-refractivity contribution in [3.8, 4) is 0 Å². The van der Waals surface area contributed by atoms with Gasteiger partial charge >= 0.3 is 6.18 Å². The molecule has 1 aromatic heterocycles. The fourth-order valence-corrected chi connectivity index (χ4v) is 1.56. The number of nitrogens with one attached hydrogen (secondary N) is 1. The summed E-state index contributed by atoms with van der Waals surface area (Å²) in [6.07, 6.45) is -5.19. The number of nitrogens with two attached hydrogens (primary N) is 1. The molecule has 1 aromatic rings. The highest BCUT2D eigenvalue weighted by molar-refractivity contribution is 5.23. The van der Waals surface area contributed by atoms with Crippen LogP contribution in [-0.4, -0.2) is 16.4 Å². The first-order valence-corrected chi connectivity index (χ1v) is 5.17. The SMILES string of the molecule is Cc1cc(C(CCC(F)(F)F)NN)c(C)nn1. The zero-order valence-electron chi connectivity index (χ0n) is 9.67. The van der Waals surface area contributed by atoms with E-state index < -0.39 is 18.6 Å². The summed E-state index contributed by atoms with van der Waals surface area (Å²) in [6.45, 7) is 3.42. The number of hydrogen-bond donors (Lipinski definition) is 2. The topological polar surface area (TPSA) is 63.8 Å². The minimum Gasteiger partial charge on any atom is -0.271 e. The van der Waals surface area contributed by atoms with Gasteiger partial charge in [-0.3, -0.25) is 11.3 Å². The van der Waals surface area contributed by atoms with Crippen LogP contribution >= 0.6 is 0 Å². The quantitative estimate of drug-likeness (QED) is 0.631. The summed E-state index contributed by atoms with van der Waals surface area (Å²) in [4.78, 5) is 0. The first-order chi connectivity index (χ1) is 7.83. The molecule has 0 fully saturated rings. The Labute approximate surface area is 97.4 Å². The lowest BCUT2D eigenvalue weighted by Gasteiger charge is -2.18. The molecule has 1 unspecified atom stereocenters. The maximum atomic E-state index is 12.2. The lowest BCUT2D eigenvalue weighted by Crippen LogP contribution is -2.30. The molecule has 96 valence electrons. The number of aromatic nitrogens is 2. The molecule has 0 radical (unpaired) electrons. The molecule has 1 heterocycles. The number of rotatable bonds is 4. The second-order valence-corrected chi connectivity index (χ2v) is 3.90. The normalized spacial score (nSPS) is 13.8. The minimum atomic E-state index is -4.18. The average molecular weight is 248 g/mol. The van der Waals surface area contributed by atoms with Gasteiger partial charge in [0.25, 0.3) is 0 Å². The zero-order chi connectivity index (χ0) is 13.1. The molecule has 1 atom stereocenters. The largest absolute Gasteiger partial charge is 0.389 e. The van der Waals surface area contributed by atoms with E-state index in [0.717, 1.165) is 0 Å². The summed E-state index contributed by atoms with van der Waals surface area (Å²) >= 11 is 0. The van der Waals surface area contributed by atoms with Crippen molar-refractivity contribution in [2.24, 2.45) is 5.84 Å². The zero-order valence-corrected chi connectivity index (χ0v) is 9.67. The van der Waals surface area contributed by atoms with Crippen molar-refractivity contribution >= 4 is 0 Å². The Kier molecular flexibility index (Phi) is 4.41. The van der Waals surface area contributed by atoms with Gasteiger partial charge in [-0.05, 0) is 31.9 Å². The van der Waals surface area contributed by atoms with E-state index in [9.17, 15) is 13.2 Å². The molecule has 0 spiro atoms. The van der Waals surface area contributed by atoms with Crippen LogP contribution in [0.15, 0.2) is 6.07 Å². The van der Waals surface area contributed by atoms with Gasteiger partial charge in [0.15, 0.2) is 0 Å². The highest BCUT2D eigenvalue weighted by atomic mass is 19.4. The number of nitrogens with zero attached hydrogens (tertiary/aromatic N) is 2. The molecule has 3 N–H and O–H groups in total. The predicted octanol–water partition coefficient (Wildman–Crippen LogP) is 1.94. The van der Waals surface area contributed by atoms with E-state index in [4.69, 9.17) is 5.84 Å². The Morgan fingerprint density at radius 1 is 1.35 bits per heavy atom. The molecule has 4 nitrogen and oxygen atoms in total. The van der Waals surface area contributed by atoms with Crippen molar-refractivity contribution in [1.82, 2.24) is 15.6 Å². The van der Waals surface area contributed by atoms with Gasteiger partial charge in [0.05, 0.1) is 11.4 Å². The van der Waals surface area contributed by atoms with Crippen LogP contribution in [0.3, 0.4) is 0 Å². The molecule has 0 aliphatic carbocycles. The summed E-state index contributed by atoms with van der Waals surface area (Å²) in [7, 11) is 0. The van der Waals surface area contributed by atoms with E-state index in [-0.39, 0.29) is 6.42 Å². The fourth-order valence-electron chi connectivity index (χ4n) is 1.56. The summed E-state index contributed by atoms with van der Waals surface area (Å²) in [5.74, 6) is 5.29. The minimum absolute atomic E-state index is 0.119. The van der Waals surface area contributed by atoms with Gasteiger partial charge in [0.1, 0.15) is 0 Å². The molecular weight excluding hydrogens is 233 g/mol. The van der Waals surface area contributed by atoms with Gasteiger partial charge in [-0.1, -0.05) is 0 Å². The van der Waals surface area contributed by atoms with Gasteiger partial charge in [-0.25, -0.2) is 0 Å². The third-order valence-electron chi connectivity index (χ3n) is 2.43. The molecule has 0 aromatic carbocycles. The molecule has 17 heavy (non-hydrogen) atoms. The average Bonchev–Trinajstić information content (AvgIpc) is 2.22. The van der Waals surface area contributed by atoms with Crippen LogP contribution in [0.2, 0.25) is 0 Å². The number of hydrogen-bond acceptors (Lipinski definition) is 4.